The van der Waals surface area contributed by atoms with Crippen molar-refractivity contribution >= 4 is 16.8 Å². The van der Waals surface area contributed by atoms with E-state index in [0.717, 1.165) is 44.2 Å². The normalized spacial score (nSPS) is 21.4. The SMILES string of the molecule is CCC1CCCCN1C(=O)c1ccc2[nH]c3c(c2c1)CCCC3. The van der Waals surface area contributed by atoms with Crippen LogP contribution in [0.25, 0.3) is 10.9 Å². The van der Waals surface area contributed by atoms with Crippen LogP contribution in [0.4, 0.5) is 0 Å². The van der Waals surface area contributed by atoms with E-state index in [2.05, 4.69) is 28.9 Å². The highest BCUT2D eigenvalue weighted by atomic mass is 16.2. The van der Waals surface area contributed by atoms with Gasteiger partial charge in [-0.1, -0.05) is 6.92 Å². The molecule has 1 amide bonds. The second-order valence-electron chi connectivity index (χ2n) is 7.11. The van der Waals surface area contributed by atoms with Crippen LogP contribution in [-0.4, -0.2) is 28.4 Å². The van der Waals surface area contributed by atoms with Gasteiger partial charge in [0.15, 0.2) is 0 Å². The molecule has 23 heavy (non-hydrogen) atoms. The predicted molar refractivity (Wildman–Crippen MR) is 93.9 cm³/mol. The number of likely N-dealkylation sites (tertiary alicyclic amines) is 1. The number of carbonyl (C=O) groups excluding carboxylic acids is 1. The molecule has 3 heteroatoms. The fraction of sp³-hybridized carbons (Fsp3) is 0.550. The number of carbonyl (C=O) groups is 1. The zero-order chi connectivity index (χ0) is 15.8. The van der Waals surface area contributed by atoms with Gasteiger partial charge < -0.3 is 9.88 Å². The molecule has 4 rings (SSSR count). The number of aryl methyl sites for hydroxylation is 2. The summed E-state index contributed by atoms with van der Waals surface area (Å²) < 4.78 is 0. The van der Waals surface area contributed by atoms with Gasteiger partial charge in [-0.3, -0.25) is 4.79 Å². The molecule has 3 nitrogen and oxygen atoms in total. The van der Waals surface area contributed by atoms with Crippen molar-refractivity contribution in [2.75, 3.05) is 6.54 Å². The number of piperidine rings is 1. The van der Waals surface area contributed by atoms with Crippen LogP contribution >= 0.6 is 0 Å². The minimum absolute atomic E-state index is 0.226. The second-order valence-corrected chi connectivity index (χ2v) is 7.11. The first kappa shape index (κ1) is 14.8. The number of benzene rings is 1. The third-order valence-corrected chi connectivity index (χ3v) is 5.70. The molecule has 1 aliphatic heterocycles. The van der Waals surface area contributed by atoms with Gasteiger partial charge in [0.1, 0.15) is 0 Å². The van der Waals surface area contributed by atoms with Crippen LogP contribution in [0.3, 0.4) is 0 Å². The Kier molecular flexibility index (Phi) is 3.88. The van der Waals surface area contributed by atoms with Gasteiger partial charge in [-0.2, -0.15) is 0 Å². The van der Waals surface area contributed by atoms with Gasteiger partial charge in [-0.05, 0) is 75.1 Å². The lowest BCUT2D eigenvalue weighted by atomic mass is 9.94. The lowest BCUT2D eigenvalue weighted by molar-refractivity contribution is 0.0608. The quantitative estimate of drug-likeness (QED) is 0.874. The molecule has 1 unspecified atom stereocenters. The van der Waals surface area contributed by atoms with Crippen molar-refractivity contribution < 1.29 is 4.79 Å². The highest BCUT2D eigenvalue weighted by Crippen LogP contribution is 2.30. The number of hydrogen-bond donors (Lipinski definition) is 1. The molecule has 1 aliphatic carbocycles. The molecule has 0 spiro atoms. The van der Waals surface area contributed by atoms with E-state index in [4.69, 9.17) is 0 Å². The van der Waals surface area contributed by atoms with Crippen LogP contribution in [0.1, 0.15) is 67.1 Å². The molecule has 2 aliphatic rings. The van der Waals surface area contributed by atoms with Crippen molar-refractivity contribution in [2.24, 2.45) is 0 Å². The van der Waals surface area contributed by atoms with Gasteiger partial charge in [-0.25, -0.2) is 0 Å². The first-order valence-corrected chi connectivity index (χ1v) is 9.22. The van der Waals surface area contributed by atoms with E-state index < -0.39 is 0 Å². The van der Waals surface area contributed by atoms with Crippen molar-refractivity contribution in [3.8, 4) is 0 Å². The van der Waals surface area contributed by atoms with Crippen LogP contribution in [0, 0.1) is 0 Å². The molecule has 122 valence electrons. The third-order valence-electron chi connectivity index (χ3n) is 5.70. The Morgan fingerprint density at radius 2 is 2.09 bits per heavy atom. The highest BCUT2D eigenvalue weighted by molar-refractivity contribution is 5.99. The largest absolute Gasteiger partial charge is 0.358 e. The van der Waals surface area contributed by atoms with E-state index in [-0.39, 0.29) is 5.91 Å². The van der Waals surface area contributed by atoms with Crippen LogP contribution in [0.5, 0.6) is 0 Å². The zero-order valence-electron chi connectivity index (χ0n) is 14.0. The van der Waals surface area contributed by atoms with Gasteiger partial charge in [0, 0.05) is 34.7 Å². The van der Waals surface area contributed by atoms with E-state index in [9.17, 15) is 4.79 Å². The number of hydrogen-bond acceptors (Lipinski definition) is 1. The summed E-state index contributed by atoms with van der Waals surface area (Å²) >= 11 is 0. The van der Waals surface area contributed by atoms with Crippen molar-refractivity contribution in [2.45, 2.75) is 64.3 Å². The summed E-state index contributed by atoms with van der Waals surface area (Å²) in [4.78, 5) is 18.7. The number of rotatable bonds is 2. The number of aromatic nitrogens is 1. The minimum atomic E-state index is 0.226. The number of nitrogens with zero attached hydrogens (tertiary/aromatic N) is 1. The first-order valence-electron chi connectivity index (χ1n) is 9.22. The predicted octanol–water partition coefficient (Wildman–Crippen LogP) is 4.45. The van der Waals surface area contributed by atoms with E-state index in [1.54, 1.807) is 0 Å². The Morgan fingerprint density at radius 1 is 1.22 bits per heavy atom. The summed E-state index contributed by atoms with van der Waals surface area (Å²) in [5, 5.41) is 1.27. The number of aromatic amines is 1. The van der Waals surface area contributed by atoms with Gasteiger partial charge in [0.25, 0.3) is 5.91 Å². The molecular formula is C20H26N2O. The van der Waals surface area contributed by atoms with E-state index in [1.165, 1.54) is 41.4 Å². The average Bonchev–Trinajstić information content (AvgIpc) is 2.99. The smallest absolute Gasteiger partial charge is 0.254 e. The molecular weight excluding hydrogens is 284 g/mol. The highest BCUT2D eigenvalue weighted by Gasteiger charge is 2.26. The Bertz CT molecular complexity index is 731. The zero-order valence-corrected chi connectivity index (χ0v) is 14.0. The maximum Gasteiger partial charge on any atom is 0.254 e. The number of H-pyrrole nitrogens is 1. The van der Waals surface area contributed by atoms with Crippen molar-refractivity contribution in [3.63, 3.8) is 0 Å². The molecule has 0 radical (unpaired) electrons. The summed E-state index contributed by atoms with van der Waals surface area (Å²) in [7, 11) is 0. The maximum absolute atomic E-state index is 13.0. The summed E-state index contributed by atoms with van der Waals surface area (Å²) in [6.45, 7) is 3.11. The standard InChI is InChI=1S/C20H26N2O/c1-2-15-7-5-6-12-22(15)20(23)14-10-11-19-17(13-14)16-8-3-4-9-18(16)21-19/h10-11,13,15,21H,2-9,12H2,1H3. The maximum atomic E-state index is 13.0. The number of amides is 1. The van der Waals surface area contributed by atoms with Gasteiger partial charge in [0.2, 0.25) is 0 Å². The van der Waals surface area contributed by atoms with Crippen LogP contribution in [0.15, 0.2) is 18.2 Å². The second kappa shape index (κ2) is 6.03. The molecule has 1 aromatic heterocycles. The topological polar surface area (TPSA) is 36.1 Å². The van der Waals surface area contributed by atoms with E-state index in [1.807, 2.05) is 6.07 Å². The van der Waals surface area contributed by atoms with Crippen molar-refractivity contribution in [1.82, 2.24) is 9.88 Å². The Balaban J connectivity index is 1.69. The molecule has 2 heterocycles. The molecule has 1 saturated heterocycles. The molecule has 0 saturated carbocycles. The van der Waals surface area contributed by atoms with E-state index in [0.29, 0.717) is 6.04 Å². The Morgan fingerprint density at radius 3 is 2.96 bits per heavy atom. The number of fused-ring (bicyclic) bond motifs is 3. The van der Waals surface area contributed by atoms with Gasteiger partial charge >= 0.3 is 0 Å². The fourth-order valence-electron chi connectivity index (χ4n) is 4.40. The summed E-state index contributed by atoms with van der Waals surface area (Å²) in [5.74, 6) is 0.226. The average molecular weight is 310 g/mol. The van der Waals surface area contributed by atoms with Crippen LogP contribution < -0.4 is 0 Å². The molecule has 1 N–H and O–H groups in total. The van der Waals surface area contributed by atoms with Crippen LogP contribution in [-0.2, 0) is 12.8 Å². The first-order chi connectivity index (χ1) is 11.3. The van der Waals surface area contributed by atoms with Crippen molar-refractivity contribution in [3.05, 3.63) is 35.0 Å². The molecule has 2 aromatic rings. The number of nitrogens with one attached hydrogen (secondary N) is 1. The van der Waals surface area contributed by atoms with E-state index >= 15 is 0 Å². The minimum Gasteiger partial charge on any atom is -0.358 e. The van der Waals surface area contributed by atoms with Gasteiger partial charge in [0.05, 0.1) is 0 Å². The third kappa shape index (κ3) is 2.56. The lowest BCUT2D eigenvalue weighted by Gasteiger charge is -2.35. The monoisotopic (exact) mass is 310 g/mol. The molecule has 1 fully saturated rings. The van der Waals surface area contributed by atoms with Gasteiger partial charge in [-0.15, -0.1) is 0 Å². The Hall–Kier alpha value is -1.77. The molecule has 1 atom stereocenters. The molecule has 1 aromatic carbocycles. The summed E-state index contributed by atoms with van der Waals surface area (Å²) in [5.41, 5.74) is 4.90. The summed E-state index contributed by atoms with van der Waals surface area (Å²) in [6.07, 6.45) is 9.46. The Labute approximate surface area is 138 Å². The lowest BCUT2D eigenvalue weighted by Crippen LogP contribution is -2.43. The molecule has 0 bridgehead atoms. The van der Waals surface area contributed by atoms with Crippen LogP contribution in [0.2, 0.25) is 0 Å². The fourth-order valence-corrected chi connectivity index (χ4v) is 4.40. The summed E-state index contributed by atoms with van der Waals surface area (Å²) in [6, 6.07) is 6.67. The van der Waals surface area contributed by atoms with Crippen molar-refractivity contribution in [1.29, 1.82) is 0 Å².